The molecule has 0 atom stereocenters. The van der Waals surface area contributed by atoms with Gasteiger partial charge in [0.05, 0.1) is 11.4 Å². The molecule has 1 fully saturated rings. The van der Waals surface area contributed by atoms with Gasteiger partial charge >= 0.3 is 0 Å². The summed E-state index contributed by atoms with van der Waals surface area (Å²) in [5, 5.41) is 15.5. The first kappa shape index (κ1) is 15.0. The quantitative estimate of drug-likeness (QED) is 0.855. The van der Waals surface area contributed by atoms with Crippen LogP contribution in [0.4, 0.5) is 0 Å². The van der Waals surface area contributed by atoms with Crippen molar-refractivity contribution in [3.8, 4) is 5.69 Å². The van der Waals surface area contributed by atoms with E-state index in [1.54, 1.807) is 4.68 Å². The summed E-state index contributed by atoms with van der Waals surface area (Å²) in [6, 6.07) is 8.25. The van der Waals surface area contributed by atoms with E-state index in [9.17, 15) is 4.79 Å². The van der Waals surface area contributed by atoms with E-state index in [0.717, 1.165) is 24.1 Å². The maximum absolute atomic E-state index is 12.0. The molecule has 7 heteroatoms. The number of hydrogen-bond donors (Lipinski definition) is 1. The van der Waals surface area contributed by atoms with Crippen molar-refractivity contribution < 1.29 is 4.79 Å². The van der Waals surface area contributed by atoms with E-state index in [-0.39, 0.29) is 5.91 Å². The molecule has 0 saturated heterocycles. The van der Waals surface area contributed by atoms with Crippen LogP contribution in [0, 0.1) is 6.92 Å². The summed E-state index contributed by atoms with van der Waals surface area (Å²) in [4.78, 5) is 12.0. The average molecular weight is 317 g/mol. The van der Waals surface area contributed by atoms with Gasteiger partial charge in [0.25, 0.3) is 0 Å². The minimum absolute atomic E-state index is 0.0521. The maximum Gasteiger partial charge on any atom is 0.230 e. The maximum atomic E-state index is 12.0. The van der Waals surface area contributed by atoms with Gasteiger partial charge < -0.3 is 5.32 Å². The van der Waals surface area contributed by atoms with Gasteiger partial charge in [-0.05, 0) is 41.8 Å². The van der Waals surface area contributed by atoms with Gasteiger partial charge in [0.15, 0.2) is 0 Å². The number of nitrogens with zero attached hydrogens (tertiary/aromatic N) is 4. The first-order valence-corrected chi connectivity index (χ1v) is 8.49. The predicted octanol–water partition coefficient (Wildman–Crippen LogP) is 2.12. The van der Waals surface area contributed by atoms with Crippen LogP contribution in [-0.2, 0) is 4.79 Å². The lowest BCUT2D eigenvalue weighted by Crippen LogP contribution is -2.33. The number of tetrazole rings is 1. The van der Waals surface area contributed by atoms with Gasteiger partial charge in [0, 0.05) is 6.04 Å². The topological polar surface area (TPSA) is 72.7 Å². The SMILES string of the molecule is Cc1ccccc1-n1nnnc1SCC(=O)NC1CCCC1. The third-order valence-electron chi connectivity index (χ3n) is 3.84. The number of thioether (sulfide) groups is 1. The van der Waals surface area contributed by atoms with Crippen molar-refractivity contribution in [3.63, 3.8) is 0 Å². The number of benzene rings is 1. The molecule has 1 aliphatic carbocycles. The average Bonchev–Trinajstić information content (AvgIpc) is 3.17. The molecule has 2 aromatic rings. The Bertz CT molecular complexity index is 651. The fraction of sp³-hybridized carbons (Fsp3) is 0.467. The van der Waals surface area contributed by atoms with Crippen LogP contribution in [0.25, 0.3) is 5.69 Å². The summed E-state index contributed by atoms with van der Waals surface area (Å²) in [6.07, 6.45) is 4.61. The lowest BCUT2D eigenvalue weighted by Gasteiger charge is -2.11. The molecule has 0 bridgehead atoms. The predicted molar refractivity (Wildman–Crippen MR) is 85.0 cm³/mol. The minimum Gasteiger partial charge on any atom is -0.353 e. The number of para-hydroxylation sites is 1. The van der Waals surface area contributed by atoms with Crippen molar-refractivity contribution >= 4 is 17.7 Å². The summed E-state index contributed by atoms with van der Waals surface area (Å²) in [6.45, 7) is 2.01. The van der Waals surface area contributed by atoms with Crippen LogP contribution in [-0.4, -0.2) is 37.9 Å². The van der Waals surface area contributed by atoms with Crippen molar-refractivity contribution in [2.75, 3.05) is 5.75 Å². The van der Waals surface area contributed by atoms with Crippen LogP contribution < -0.4 is 5.32 Å². The van der Waals surface area contributed by atoms with E-state index in [1.807, 2.05) is 31.2 Å². The third-order valence-corrected chi connectivity index (χ3v) is 4.76. The standard InChI is InChI=1S/C15H19N5OS/c1-11-6-2-5-9-13(11)20-15(17-18-19-20)22-10-14(21)16-12-7-3-4-8-12/h2,5-6,9,12H,3-4,7-8,10H2,1H3,(H,16,21). The lowest BCUT2D eigenvalue weighted by atomic mass is 10.2. The summed E-state index contributed by atoms with van der Waals surface area (Å²) in [5.74, 6) is 0.388. The first-order chi connectivity index (χ1) is 10.7. The minimum atomic E-state index is 0.0521. The third kappa shape index (κ3) is 3.47. The molecule has 116 valence electrons. The lowest BCUT2D eigenvalue weighted by molar-refractivity contribution is -0.119. The molecule has 1 N–H and O–H groups in total. The molecule has 0 spiro atoms. The number of hydrogen-bond acceptors (Lipinski definition) is 5. The molecule has 1 amide bonds. The molecule has 0 radical (unpaired) electrons. The Balaban J connectivity index is 1.63. The number of carbonyl (C=O) groups is 1. The van der Waals surface area contributed by atoms with Gasteiger partial charge in [0.2, 0.25) is 11.1 Å². The van der Waals surface area contributed by atoms with Gasteiger partial charge in [-0.15, -0.1) is 5.10 Å². The molecule has 3 rings (SSSR count). The van der Waals surface area contributed by atoms with Gasteiger partial charge in [-0.25, -0.2) is 0 Å². The van der Waals surface area contributed by atoms with Crippen molar-refractivity contribution in [3.05, 3.63) is 29.8 Å². The molecule has 1 saturated carbocycles. The van der Waals surface area contributed by atoms with Crippen molar-refractivity contribution in [1.82, 2.24) is 25.5 Å². The molecule has 0 unspecified atom stereocenters. The van der Waals surface area contributed by atoms with Crippen molar-refractivity contribution in [1.29, 1.82) is 0 Å². The Kier molecular flexibility index (Phi) is 4.72. The summed E-state index contributed by atoms with van der Waals surface area (Å²) < 4.78 is 1.68. The number of amides is 1. The van der Waals surface area contributed by atoms with Crippen LogP contribution in [0.2, 0.25) is 0 Å². The molecule has 1 heterocycles. The Labute approximate surface area is 133 Å². The van der Waals surface area contributed by atoms with E-state index >= 15 is 0 Å². The van der Waals surface area contributed by atoms with Gasteiger partial charge in [0.1, 0.15) is 0 Å². The first-order valence-electron chi connectivity index (χ1n) is 7.50. The van der Waals surface area contributed by atoms with Crippen LogP contribution in [0.15, 0.2) is 29.4 Å². The van der Waals surface area contributed by atoms with Crippen molar-refractivity contribution in [2.24, 2.45) is 0 Å². The van der Waals surface area contributed by atoms with Crippen molar-refractivity contribution in [2.45, 2.75) is 43.8 Å². The fourth-order valence-corrected chi connectivity index (χ4v) is 3.39. The van der Waals surface area contributed by atoms with Gasteiger partial charge in [-0.1, -0.05) is 42.8 Å². The highest BCUT2D eigenvalue weighted by molar-refractivity contribution is 7.99. The Morgan fingerprint density at radius 2 is 2.14 bits per heavy atom. The van der Waals surface area contributed by atoms with E-state index in [1.165, 1.54) is 24.6 Å². The van der Waals surface area contributed by atoms with Crippen LogP contribution in [0.1, 0.15) is 31.2 Å². The Morgan fingerprint density at radius 3 is 2.91 bits per heavy atom. The zero-order chi connectivity index (χ0) is 15.4. The zero-order valence-corrected chi connectivity index (χ0v) is 13.3. The Hall–Kier alpha value is -1.89. The highest BCUT2D eigenvalue weighted by atomic mass is 32.2. The highest BCUT2D eigenvalue weighted by Gasteiger charge is 2.18. The summed E-state index contributed by atoms with van der Waals surface area (Å²) in [5.41, 5.74) is 2.03. The highest BCUT2D eigenvalue weighted by Crippen LogP contribution is 2.21. The second-order valence-electron chi connectivity index (χ2n) is 5.50. The monoisotopic (exact) mass is 317 g/mol. The second-order valence-corrected chi connectivity index (χ2v) is 6.44. The molecule has 22 heavy (non-hydrogen) atoms. The van der Waals surface area contributed by atoms with E-state index < -0.39 is 0 Å². The summed E-state index contributed by atoms with van der Waals surface area (Å²) in [7, 11) is 0. The van der Waals surface area contributed by atoms with E-state index in [2.05, 4.69) is 20.8 Å². The smallest absolute Gasteiger partial charge is 0.230 e. The van der Waals surface area contributed by atoms with Gasteiger partial charge in [-0.2, -0.15) is 4.68 Å². The molecular weight excluding hydrogens is 298 g/mol. The number of rotatable bonds is 5. The molecular formula is C15H19N5OS. The number of aromatic nitrogens is 4. The fourth-order valence-electron chi connectivity index (χ4n) is 2.69. The Morgan fingerprint density at radius 1 is 1.36 bits per heavy atom. The number of aryl methyl sites for hydroxylation is 1. The largest absolute Gasteiger partial charge is 0.353 e. The van der Waals surface area contributed by atoms with E-state index in [0.29, 0.717) is 17.0 Å². The molecule has 1 aromatic carbocycles. The molecule has 6 nitrogen and oxygen atoms in total. The zero-order valence-electron chi connectivity index (χ0n) is 12.5. The van der Waals surface area contributed by atoms with Crippen LogP contribution in [0.5, 0.6) is 0 Å². The normalized spacial score (nSPS) is 15.1. The van der Waals surface area contributed by atoms with Gasteiger partial charge in [-0.3, -0.25) is 4.79 Å². The molecule has 1 aromatic heterocycles. The number of carbonyl (C=O) groups excluding carboxylic acids is 1. The second kappa shape index (κ2) is 6.91. The molecule has 1 aliphatic rings. The number of nitrogens with one attached hydrogen (secondary N) is 1. The van der Waals surface area contributed by atoms with Crippen LogP contribution in [0.3, 0.4) is 0 Å². The van der Waals surface area contributed by atoms with E-state index in [4.69, 9.17) is 0 Å². The molecule has 0 aliphatic heterocycles. The van der Waals surface area contributed by atoms with Crippen LogP contribution >= 0.6 is 11.8 Å². The summed E-state index contributed by atoms with van der Waals surface area (Å²) >= 11 is 1.36.